The fraction of sp³-hybridized carbons (Fsp3) is 0.926. The molecule has 0 radical (unpaired) electrons. The van der Waals surface area contributed by atoms with Crippen LogP contribution in [0.2, 0.25) is 0 Å². The molecule has 194 valence electrons. The van der Waals surface area contributed by atoms with Crippen molar-refractivity contribution >= 4 is 12.1 Å². The van der Waals surface area contributed by atoms with Gasteiger partial charge in [0.2, 0.25) is 0 Å². The quantitative estimate of drug-likeness (QED) is 0.565. The van der Waals surface area contributed by atoms with Crippen LogP contribution in [0.4, 0.5) is 4.79 Å². The Kier molecular flexibility index (Phi) is 7.27. The molecule has 0 bridgehead atoms. The predicted octanol–water partition coefficient (Wildman–Crippen LogP) is 4.33. The lowest BCUT2D eigenvalue weighted by molar-refractivity contribution is -0.207. The smallest absolute Gasteiger partial charge is 0.469 e. The monoisotopic (exact) mass is 480 g/mol. The number of rotatable bonds is 5. The van der Waals surface area contributed by atoms with Gasteiger partial charge in [-0.05, 0) is 97.7 Å². The zero-order valence-corrected chi connectivity index (χ0v) is 21.5. The number of carbonyl (C=O) groups excluding carboxylic acids is 2. The van der Waals surface area contributed by atoms with Crippen molar-refractivity contribution in [1.82, 2.24) is 0 Å². The molecule has 11 atom stereocenters. The van der Waals surface area contributed by atoms with Gasteiger partial charge in [0.25, 0.3) is 0 Å². The van der Waals surface area contributed by atoms with Crippen molar-refractivity contribution in [2.24, 2.45) is 46.3 Å². The average Bonchev–Trinajstić information content (AvgIpc) is 3.17. The summed E-state index contributed by atoms with van der Waals surface area (Å²) in [5.74, 6) is 1.46. The molecule has 10 unspecified atom stereocenters. The van der Waals surface area contributed by atoms with Crippen molar-refractivity contribution in [3.05, 3.63) is 0 Å². The van der Waals surface area contributed by atoms with Gasteiger partial charge in [-0.3, -0.25) is 4.79 Å². The first kappa shape index (κ1) is 25.7. The molecule has 0 spiro atoms. The van der Waals surface area contributed by atoms with E-state index in [9.17, 15) is 19.8 Å². The molecule has 0 aromatic heterocycles. The highest BCUT2D eigenvalue weighted by atomic mass is 16.7. The Morgan fingerprint density at radius 2 is 1.74 bits per heavy atom. The fourth-order valence-electron chi connectivity index (χ4n) is 9.05. The summed E-state index contributed by atoms with van der Waals surface area (Å²) in [7, 11) is 2.76. The van der Waals surface area contributed by atoms with E-state index >= 15 is 0 Å². The molecule has 4 rings (SSSR count). The Bertz CT molecular complexity index is 770. The highest BCUT2D eigenvalue weighted by Crippen LogP contribution is 2.68. The molecule has 4 aliphatic rings. The standard InChI is InChI=1S/C27H44O7/c1-15(6-9-23(30)32-4)18-7-8-19-24-20(14-22(29)27(18,19)3)26(2)11-10-17(34-25(31)33-5)12-16(26)13-21(24)28/h15-22,24,28-29H,6-14H2,1-5H3/t15?,16?,17-,18?,19?,20?,21?,22?,24?,26?,27?/m1/s1. The van der Waals surface area contributed by atoms with Gasteiger partial charge in [0, 0.05) is 6.42 Å². The topological polar surface area (TPSA) is 102 Å². The van der Waals surface area contributed by atoms with Gasteiger partial charge in [0.15, 0.2) is 0 Å². The maximum absolute atomic E-state index is 11.7. The van der Waals surface area contributed by atoms with E-state index in [2.05, 4.69) is 20.8 Å². The van der Waals surface area contributed by atoms with Crippen LogP contribution in [0.15, 0.2) is 0 Å². The van der Waals surface area contributed by atoms with E-state index in [4.69, 9.17) is 14.2 Å². The molecule has 7 nitrogen and oxygen atoms in total. The molecular weight excluding hydrogens is 436 g/mol. The summed E-state index contributed by atoms with van der Waals surface area (Å²) in [5.41, 5.74) is -0.219. The third-order valence-corrected chi connectivity index (χ3v) is 11.0. The number of fused-ring (bicyclic) bond motifs is 5. The van der Waals surface area contributed by atoms with Gasteiger partial charge in [-0.25, -0.2) is 4.79 Å². The zero-order valence-electron chi connectivity index (χ0n) is 21.5. The lowest BCUT2D eigenvalue weighted by atomic mass is 9.43. The molecule has 0 heterocycles. The van der Waals surface area contributed by atoms with Gasteiger partial charge in [0.1, 0.15) is 6.10 Å². The number of ether oxygens (including phenoxy) is 3. The molecule has 0 aromatic carbocycles. The predicted molar refractivity (Wildman–Crippen MR) is 126 cm³/mol. The van der Waals surface area contributed by atoms with E-state index in [1.54, 1.807) is 0 Å². The van der Waals surface area contributed by atoms with Crippen LogP contribution < -0.4 is 0 Å². The molecule has 4 fully saturated rings. The zero-order chi connectivity index (χ0) is 24.8. The molecule has 34 heavy (non-hydrogen) atoms. The van der Waals surface area contributed by atoms with Crippen molar-refractivity contribution in [2.75, 3.05) is 14.2 Å². The summed E-state index contributed by atoms with van der Waals surface area (Å²) < 4.78 is 15.0. The summed E-state index contributed by atoms with van der Waals surface area (Å²) in [6.45, 7) is 6.79. The van der Waals surface area contributed by atoms with Gasteiger partial charge >= 0.3 is 12.1 Å². The van der Waals surface area contributed by atoms with Crippen LogP contribution in [0.3, 0.4) is 0 Å². The highest BCUT2D eigenvalue weighted by molar-refractivity contribution is 5.69. The Balaban J connectivity index is 1.53. The SMILES string of the molecule is COC(=O)CCC(C)C1CCC2C3C(O)CC4C[C@H](OC(=O)OC)CCC4(C)C3CC(O)C12C. The molecule has 7 heteroatoms. The number of hydrogen-bond donors (Lipinski definition) is 2. The minimum Gasteiger partial charge on any atom is -0.469 e. The van der Waals surface area contributed by atoms with Crippen molar-refractivity contribution < 1.29 is 34.0 Å². The van der Waals surface area contributed by atoms with Crippen LogP contribution in [-0.2, 0) is 19.0 Å². The van der Waals surface area contributed by atoms with Crippen LogP contribution in [0.5, 0.6) is 0 Å². The second kappa shape index (κ2) is 9.61. The molecular formula is C27H44O7. The summed E-state index contributed by atoms with van der Waals surface area (Å²) in [6, 6.07) is 0. The largest absolute Gasteiger partial charge is 0.508 e. The number of aliphatic hydroxyl groups excluding tert-OH is 2. The number of aliphatic hydroxyl groups is 2. The number of carbonyl (C=O) groups is 2. The van der Waals surface area contributed by atoms with Crippen LogP contribution in [0.1, 0.15) is 78.6 Å². The number of methoxy groups -OCH3 is 2. The van der Waals surface area contributed by atoms with Crippen LogP contribution in [0, 0.1) is 46.3 Å². The third kappa shape index (κ3) is 4.15. The van der Waals surface area contributed by atoms with Gasteiger partial charge in [0.05, 0.1) is 26.4 Å². The van der Waals surface area contributed by atoms with E-state index in [0.29, 0.717) is 24.7 Å². The maximum Gasteiger partial charge on any atom is 0.508 e. The van der Waals surface area contributed by atoms with Gasteiger partial charge in [-0.2, -0.15) is 0 Å². The minimum absolute atomic E-state index is 0.0246. The molecule has 0 amide bonds. The first-order valence-electron chi connectivity index (χ1n) is 13.2. The summed E-state index contributed by atoms with van der Waals surface area (Å²) in [6.07, 6.45) is 5.53. The Morgan fingerprint density at radius 3 is 2.41 bits per heavy atom. The van der Waals surface area contributed by atoms with Crippen LogP contribution in [0.25, 0.3) is 0 Å². The Labute approximate surface area is 203 Å². The molecule has 0 saturated heterocycles. The van der Waals surface area contributed by atoms with E-state index in [1.165, 1.54) is 14.2 Å². The molecule has 2 N–H and O–H groups in total. The van der Waals surface area contributed by atoms with E-state index in [-0.39, 0.29) is 46.6 Å². The molecule has 0 aliphatic heterocycles. The first-order valence-corrected chi connectivity index (χ1v) is 13.2. The summed E-state index contributed by atoms with van der Waals surface area (Å²) >= 11 is 0. The number of hydrogen-bond acceptors (Lipinski definition) is 7. The first-order chi connectivity index (χ1) is 16.1. The molecule has 0 aromatic rings. The van der Waals surface area contributed by atoms with Crippen LogP contribution >= 0.6 is 0 Å². The van der Waals surface area contributed by atoms with Crippen molar-refractivity contribution in [2.45, 2.75) is 96.9 Å². The highest BCUT2D eigenvalue weighted by Gasteiger charge is 2.65. The van der Waals surface area contributed by atoms with Gasteiger partial charge in [-0.1, -0.05) is 20.8 Å². The van der Waals surface area contributed by atoms with Crippen molar-refractivity contribution in [1.29, 1.82) is 0 Å². The van der Waals surface area contributed by atoms with Crippen molar-refractivity contribution in [3.8, 4) is 0 Å². The Hall–Kier alpha value is -1.34. The van der Waals surface area contributed by atoms with E-state index < -0.39 is 18.4 Å². The second-order valence-corrected chi connectivity index (χ2v) is 12.2. The summed E-state index contributed by atoms with van der Waals surface area (Å²) in [4.78, 5) is 23.4. The minimum atomic E-state index is -0.634. The molecule has 4 saturated carbocycles. The normalized spacial score (nSPS) is 46.4. The van der Waals surface area contributed by atoms with Crippen molar-refractivity contribution in [3.63, 3.8) is 0 Å². The lowest BCUT2D eigenvalue weighted by Gasteiger charge is -2.63. The summed E-state index contributed by atoms with van der Waals surface area (Å²) in [5, 5.41) is 23.1. The molecule has 4 aliphatic carbocycles. The van der Waals surface area contributed by atoms with E-state index in [0.717, 1.165) is 44.9 Å². The second-order valence-electron chi connectivity index (χ2n) is 12.2. The average molecular weight is 481 g/mol. The van der Waals surface area contributed by atoms with Crippen LogP contribution in [-0.4, -0.2) is 54.9 Å². The third-order valence-electron chi connectivity index (χ3n) is 11.0. The fourth-order valence-corrected chi connectivity index (χ4v) is 9.05. The number of esters is 1. The Morgan fingerprint density at radius 1 is 1.00 bits per heavy atom. The van der Waals surface area contributed by atoms with Gasteiger partial charge < -0.3 is 24.4 Å². The van der Waals surface area contributed by atoms with E-state index in [1.807, 2.05) is 0 Å². The lowest BCUT2D eigenvalue weighted by Crippen LogP contribution is -2.62. The van der Waals surface area contributed by atoms with Gasteiger partial charge in [-0.15, -0.1) is 0 Å². The maximum atomic E-state index is 11.7.